The van der Waals surface area contributed by atoms with Gasteiger partial charge in [0.25, 0.3) is 0 Å². The minimum absolute atomic E-state index is 0.111. The SMILES string of the molecule is CC(C)C(c1ccccc1N)C(F)F. The van der Waals surface area contributed by atoms with E-state index in [2.05, 4.69) is 0 Å². The Bertz CT molecular complexity index is 289. The molecule has 0 fully saturated rings. The molecule has 1 nitrogen and oxygen atoms in total. The van der Waals surface area contributed by atoms with Crippen molar-refractivity contribution in [2.45, 2.75) is 26.2 Å². The first-order chi connectivity index (χ1) is 6.54. The van der Waals surface area contributed by atoms with Crippen LogP contribution in [0.5, 0.6) is 0 Å². The lowest BCUT2D eigenvalue weighted by Crippen LogP contribution is -2.17. The van der Waals surface area contributed by atoms with Crippen molar-refractivity contribution in [1.82, 2.24) is 0 Å². The summed E-state index contributed by atoms with van der Waals surface area (Å²) in [6.07, 6.45) is -2.36. The van der Waals surface area contributed by atoms with Gasteiger partial charge in [-0.2, -0.15) is 0 Å². The van der Waals surface area contributed by atoms with Gasteiger partial charge in [-0.3, -0.25) is 0 Å². The van der Waals surface area contributed by atoms with E-state index in [0.717, 1.165) is 0 Å². The predicted octanol–water partition coefficient (Wildman–Crippen LogP) is 3.27. The van der Waals surface area contributed by atoms with Crippen LogP contribution in [0.1, 0.15) is 25.3 Å². The van der Waals surface area contributed by atoms with Crippen LogP contribution in [0.25, 0.3) is 0 Å². The molecule has 1 atom stereocenters. The van der Waals surface area contributed by atoms with Crippen molar-refractivity contribution in [2.75, 3.05) is 5.73 Å². The van der Waals surface area contributed by atoms with Crippen LogP contribution < -0.4 is 5.73 Å². The molecule has 14 heavy (non-hydrogen) atoms. The van der Waals surface area contributed by atoms with E-state index in [1.54, 1.807) is 38.1 Å². The average molecular weight is 199 g/mol. The molecule has 3 heteroatoms. The molecule has 0 saturated carbocycles. The summed E-state index contributed by atoms with van der Waals surface area (Å²) >= 11 is 0. The molecular formula is C11H15F2N. The van der Waals surface area contributed by atoms with Gasteiger partial charge in [-0.05, 0) is 17.5 Å². The zero-order valence-electron chi connectivity index (χ0n) is 8.37. The fraction of sp³-hybridized carbons (Fsp3) is 0.455. The van der Waals surface area contributed by atoms with E-state index in [1.165, 1.54) is 0 Å². The fourth-order valence-corrected chi connectivity index (χ4v) is 1.60. The highest BCUT2D eigenvalue weighted by Gasteiger charge is 2.26. The molecular weight excluding hydrogens is 184 g/mol. The van der Waals surface area contributed by atoms with Gasteiger partial charge in [0.1, 0.15) is 0 Å². The zero-order valence-corrected chi connectivity index (χ0v) is 8.37. The Morgan fingerprint density at radius 3 is 2.14 bits per heavy atom. The minimum atomic E-state index is -2.36. The third kappa shape index (κ3) is 2.22. The van der Waals surface area contributed by atoms with Crippen LogP contribution in [0, 0.1) is 5.92 Å². The topological polar surface area (TPSA) is 26.0 Å². The summed E-state index contributed by atoms with van der Waals surface area (Å²) in [5.41, 5.74) is 6.67. The largest absolute Gasteiger partial charge is 0.398 e. The standard InChI is InChI=1S/C11H15F2N/c1-7(2)10(11(12)13)8-5-3-4-6-9(8)14/h3-7,10-11H,14H2,1-2H3. The van der Waals surface area contributed by atoms with E-state index in [1.807, 2.05) is 0 Å². The lowest BCUT2D eigenvalue weighted by molar-refractivity contribution is 0.0937. The smallest absolute Gasteiger partial charge is 0.245 e. The highest BCUT2D eigenvalue weighted by molar-refractivity contribution is 5.48. The maximum atomic E-state index is 12.8. The molecule has 0 saturated heterocycles. The molecule has 0 aromatic heterocycles. The first-order valence-corrected chi connectivity index (χ1v) is 4.66. The minimum Gasteiger partial charge on any atom is -0.398 e. The molecule has 2 N–H and O–H groups in total. The van der Waals surface area contributed by atoms with Gasteiger partial charge < -0.3 is 5.73 Å². The second kappa shape index (κ2) is 4.40. The molecule has 0 bridgehead atoms. The molecule has 0 radical (unpaired) electrons. The van der Waals surface area contributed by atoms with Crippen LogP contribution in [-0.2, 0) is 0 Å². The van der Waals surface area contributed by atoms with E-state index in [-0.39, 0.29) is 5.92 Å². The van der Waals surface area contributed by atoms with Crippen molar-refractivity contribution in [2.24, 2.45) is 5.92 Å². The van der Waals surface area contributed by atoms with Crippen molar-refractivity contribution >= 4 is 5.69 Å². The summed E-state index contributed by atoms with van der Waals surface area (Å²) in [5.74, 6) is -0.879. The fourth-order valence-electron chi connectivity index (χ4n) is 1.60. The van der Waals surface area contributed by atoms with E-state index in [4.69, 9.17) is 5.73 Å². The number of benzene rings is 1. The Morgan fingerprint density at radius 2 is 1.71 bits per heavy atom. The Balaban J connectivity index is 3.05. The maximum absolute atomic E-state index is 12.8. The Kier molecular flexibility index (Phi) is 3.44. The molecule has 0 heterocycles. The summed E-state index contributed by atoms with van der Waals surface area (Å²) in [5, 5.41) is 0. The Hall–Kier alpha value is -1.12. The van der Waals surface area contributed by atoms with E-state index >= 15 is 0 Å². The van der Waals surface area contributed by atoms with Crippen LogP contribution >= 0.6 is 0 Å². The summed E-state index contributed by atoms with van der Waals surface area (Å²) in [6.45, 7) is 3.56. The van der Waals surface area contributed by atoms with Gasteiger partial charge in [0.15, 0.2) is 0 Å². The van der Waals surface area contributed by atoms with Gasteiger partial charge >= 0.3 is 0 Å². The van der Waals surface area contributed by atoms with Crippen molar-refractivity contribution in [3.05, 3.63) is 29.8 Å². The third-order valence-electron chi connectivity index (χ3n) is 2.34. The van der Waals surface area contributed by atoms with E-state index in [9.17, 15) is 8.78 Å². The maximum Gasteiger partial charge on any atom is 0.245 e. The monoisotopic (exact) mass is 199 g/mol. The average Bonchev–Trinajstić information content (AvgIpc) is 2.07. The van der Waals surface area contributed by atoms with Crippen molar-refractivity contribution in [3.63, 3.8) is 0 Å². The summed E-state index contributed by atoms with van der Waals surface area (Å²) < 4.78 is 25.5. The lowest BCUT2D eigenvalue weighted by atomic mass is 9.88. The first kappa shape index (κ1) is 11.0. The molecule has 1 aromatic carbocycles. The highest BCUT2D eigenvalue weighted by Crippen LogP contribution is 2.33. The predicted molar refractivity (Wildman–Crippen MR) is 54.4 cm³/mol. The van der Waals surface area contributed by atoms with Crippen molar-refractivity contribution < 1.29 is 8.78 Å². The quantitative estimate of drug-likeness (QED) is 0.743. The molecule has 0 aliphatic carbocycles. The number of hydrogen-bond acceptors (Lipinski definition) is 1. The van der Waals surface area contributed by atoms with Crippen LogP contribution in [0.3, 0.4) is 0 Å². The van der Waals surface area contributed by atoms with Crippen LogP contribution in [0.2, 0.25) is 0 Å². The molecule has 1 unspecified atom stereocenters. The lowest BCUT2D eigenvalue weighted by Gasteiger charge is -2.21. The van der Waals surface area contributed by atoms with Crippen molar-refractivity contribution in [1.29, 1.82) is 0 Å². The molecule has 0 spiro atoms. The van der Waals surface area contributed by atoms with Gasteiger partial charge in [0, 0.05) is 11.6 Å². The van der Waals surface area contributed by atoms with Gasteiger partial charge in [-0.15, -0.1) is 0 Å². The van der Waals surface area contributed by atoms with Gasteiger partial charge in [-0.1, -0.05) is 32.0 Å². The number of para-hydroxylation sites is 1. The van der Waals surface area contributed by atoms with Crippen molar-refractivity contribution in [3.8, 4) is 0 Å². The summed E-state index contributed by atoms with van der Waals surface area (Å²) in [4.78, 5) is 0. The molecule has 0 amide bonds. The molecule has 1 aromatic rings. The first-order valence-electron chi connectivity index (χ1n) is 4.66. The number of hydrogen-bond donors (Lipinski definition) is 1. The van der Waals surface area contributed by atoms with Crippen LogP contribution in [0.4, 0.5) is 14.5 Å². The second-order valence-corrected chi connectivity index (χ2v) is 3.73. The highest BCUT2D eigenvalue weighted by atomic mass is 19.3. The molecule has 1 rings (SSSR count). The Morgan fingerprint density at radius 1 is 1.14 bits per heavy atom. The number of alkyl halides is 2. The van der Waals surface area contributed by atoms with Crippen LogP contribution in [0.15, 0.2) is 24.3 Å². The van der Waals surface area contributed by atoms with Crippen LogP contribution in [-0.4, -0.2) is 6.43 Å². The molecule has 78 valence electrons. The third-order valence-corrected chi connectivity index (χ3v) is 2.34. The number of anilines is 1. The zero-order chi connectivity index (χ0) is 10.7. The number of nitrogens with two attached hydrogens (primary N) is 1. The molecule has 0 aliphatic rings. The number of nitrogen functional groups attached to an aromatic ring is 1. The summed E-state index contributed by atoms with van der Waals surface area (Å²) in [7, 11) is 0. The normalized spacial score (nSPS) is 13.6. The Labute approximate surface area is 82.9 Å². The summed E-state index contributed by atoms with van der Waals surface area (Å²) in [6, 6.07) is 6.82. The van der Waals surface area contributed by atoms with Gasteiger partial charge in [0.05, 0.1) is 0 Å². The van der Waals surface area contributed by atoms with Gasteiger partial charge in [-0.25, -0.2) is 8.78 Å². The number of halogens is 2. The number of rotatable bonds is 3. The molecule has 0 aliphatic heterocycles. The van der Waals surface area contributed by atoms with E-state index < -0.39 is 12.3 Å². The second-order valence-electron chi connectivity index (χ2n) is 3.73. The van der Waals surface area contributed by atoms with Gasteiger partial charge in [0.2, 0.25) is 6.43 Å². The van der Waals surface area contributed by atoms with E-state index in [0.29, 0.717) is 11.3 Å².